The van der Waals surface area contributed by atoms with E-state index < -0.39 is 5.60 Å². The Kier molecular flexibility index (Phi) is 3.79. The lowest BCUT2D eigenvalue weighted by molar-refractivity contribution is -0.0844. The molecule has 1 fully saturated rings. The van der Waals surface area contributed by atoms with Gasteiger partial charge in [-0.1, -0.05) is 45.0 Å². The SMILES string of the molecule is CC(C)(C)c1ccc(CC2(O)CCCOC2)cc1. The second-order valence-corrected chi connectivity index (χ2v) is 6.50. The maximum Gasteiger partial charge on any atom is 0.0921 e. The van der Waals surface area contributed by atoms with Gasteiger partial charge in [0, 0.05) is 13.0 Å². The molecule has 100 valence electrons. The predicted molar refractivity (Wildman–Crippen MR) is 73.8 cm³/mol. The number of ether oxygens (including phenoxy) is 1. The van der Waals surface area contributed by atoms with Gasteiger partial charge in [-0.2, -0.15) is 0 Å². The van der Waals surface area contributed by atoms with Gasteiger partial charge in [0.25, 0.3) is 0 Å². The van der Waals surface area contributed by atoms with Crippen molar-refractivity contribution in [3.63, 3.8) is 0 Å². The fraction of sp³-hybridized carbons (Fsp3) is 0.625. The lowest BCUT2D eigenvalue weighted by Gasteiger charge is -2.32. The van der Waals surface area contributed by atoms with Gasteiger partial charge in [0.2, 0.25) is 0 Å². The van der Waals surface area contributed by atoms with Crippen molar-refractivity contribution in [2.24, 2.45) is 0 Å². The minimum atomic E-state index is -0.665. The van der Waals surface area contributed by atoms with Gasteiger partial charge in [-0.3, -0.25) is 0 Å². The molecule has 2 rings (SSSR count). The number of hydrogen-bond donors (Lipinski definition) is 1. The summed E-state index contributed by atoms with van der Waals surface area (Å²) >= 11 is 0. The highest BCUT2D eigenvalue weighted by atomic mass is 16.5. The van der Waals surface area contributed by atoms with Crippen LogP contribution in [0.4, 0.5) is 0 Å². The summed E-state index contributed by atoms with van der Waals surface area (Å²) in [7, 11) is 0. The average Bonchev–Trinajstić information content (AvgIpc) is 2.29. The Morgan fingerprint density at radius 3 is 2.39 bits per heavy atom. The summed E-state index contributed by atoms with van der Waals surface area (Å²) in [6.45, 7) is 7.89. The highest BCUT2D eigenvalue weighted by Gasteiger charge is 2.30. The molecule has 1 aromatic carbocycles. The molecule has 0 radical (unpaired) electrons. The van der Waals surface area contributed by atoms with Crippen LogP contribution in [0.1, 0.15) is 44.7 Å². The molecule has 1 saturated heterocycles. The largest absolute Gasteiger partial charge is 0.387 e. The lowest BCUT2D eigenvalue weighted by atomic mass is 9.84. The van der Waals surface area contributed by atoms with Crippen molar-refractivity contribution in [1.82, 2.24) is 0 Å². The molecular formula is C16H24O2. The first-order valence-corrected chi connectivity index (χ1v) is 6.79. The number of benzene rings is 1. The third kappa shape index (κ3) is 3.33. The van der Waals surface area contributed by atoms with Crippen LogP contribution in [0.15, 0.2) is 24.3 Å². The van der Waals surface area contributed by atoms with Crippen LogP contribution in [0, 0.1) is 0 Å². The summed E-state index contributed by atoms with van der Waals surface area (Å²) in [5.74, 6) is 0. The first kappa shape index (κ1) is 13.6. The molecule has 0 spiro atoms. The molecule has 0 amide bonds. The quantitative estimate of drug-likeness (QED) is 0.871. The van der Waals surface area contributed by atoms with Crippen LogP contribution >= 0.6 is 0 Å². The van der Waals surface area contributed by atoms with Crippen molar-refractivity contribution in [2.45, 2.75) is 51.0 Å². The Balaban J connectivity index is 2.06. The van der Waals surface area contributed by atoms with Gasteiger partial charge in [-0.05, 0) is 29.4 Å². The van der Waals surface area contributed by atoms with Gasteiger partial charge in [0.05, 0.1) is 12.2 Å². The van der Waals surface area contributed by atoms with E-state index in [-0.39, 0.29) is 5.41 Å². The summed E-state index contributed by atoms with van der Waals surface area (Å²) < 4.78 is 5.39. The molecule has 2 heteroatoms. The summed E-state index contributed by atoms with van der Waals surface area (Å²) in [4.78, 5) is 0. The minimum Gasteiger partial charge on any atom is -0.387 e. The van der Waals surface area contributed by atoms with E-state index in [9.17, 15) is 5.11 Å². The second kappa shape index (κ2) is 5.02. The van der Waals surface area contributed by atoms with E-state index in [2.05, 4.69) is 45.0 Å². The van der Waals surface area contributed by atoms with E-state index in [1.165, 1.54) is 11.1 Å². The Bertz CT molecular complexity index is 381. The Labute approximate surface area is 110 Å². The maximum absolute atomic E-state index is 10.4. The Hall–Kier alpha value is -0.860. The molecule has 0 saturated carbocycles. The topological polar surface area (TPSA) is 29.5 Å². The predicted octanol–water partition coefficient (Wildman–Crippen LogP) is 3.07. The van der Waals surface area contributed by atoms with Crippen LogP contribution in [0.25, 0.3) is 0 Å². The van der Waals surface area contributed by atoms with Gasteiger partial charge in [-0.15, -0.1) is 0 Å². The highest BCUT2D eigenvalue weighted by molar-refractivity contribution is 5.28. The molecule has 1 unspecified atom stereocenters. The molecule has 0 aromatic heterocycles. The van der Waals surface area contributed by atoms with E-state index in [1.54, 1.807) is 0 Å². The van der Waals surface area contributed by atoms with Crippen molar-refractivity contribution in [3.8, 4) is 0 Å². The van der Waals surface area contributed by atoms with Crippen LogP contribution in [0.5, 0.6) is 0 Å². The van der Waals surface area contributed by atoms with Gasteiger partial charge < -0.3 is 9.84 Å². The van der Waals surface area contributed by atoms with E-state index >= 15 is 0 Å². The monoisotopic (exact) mass is 248 g/mol. The maximum atomic E-state index is 10.4. The third-order valence-electron chi connectivity index (χ3n) is 3.65. The standard InChI is InChI=1S/C16H24O2/c1-15(2,3)14-7-5-13(6-8-14)11-16(17)9-4-10-18-12-16/h5-8,17H,4,9-12H2,1-3H3. The molecule has 2 nitrogen and oxygen atoms in total. The van der Waals surface area contributed by atoms with Gasteiger partial charge >= 0.3 is 0 Å². The highest BCUT2D eigenvalue weighted by Crippen LogP contribution is 2.26. The van der Waals surface area contributed by atoms with Crippen LogP contribution < -0.4 is 0 Å². The zero-order valence-electron chi connectivity index (χ0n) is 11.7. The zero-order valence-corrected chi connectivity index (χ0v) is 11.7. The molecule has 0 bridgehead atoms. The molecule has 1 aromatic rings. The van der Waals surface area contributed by atoms with Crippen LogP contribution in [-0.4, -0.2) is 23.9 Å². The summed E-state index contributed by atoms with van der Waals surface area (Å²) in [6, 6.07) is 8.60. The first-order chi connectivity index (χ1) is 8.39. The van der Waals surface area contributed by atoms with Gasteiger partial charge in [0.15, 0.2) is 0 Å². The Morgan fingerprint density at radius 2 is 1.89 bits per heavy atom. The summed E-state index contributed by atoms with van der Waals surface area (Å²) in [5.41, 5.74) is 2.04. The van der Waals surface area contributed by atoms with Gasteiger partial charge in [0.1, 0.15) is 0 Å². The number of aliphatic hydroxyl groups is 1. The molecule has 1 heterocycles. The molecule has 1 atom stereocenters. The zero-order chi connectivity index (χ0) is 13.2. The molecule has 1 N–H and O–H groups in total. The van der Waals surface area contributed by atoms with Crippen LogP contribution in [0.3, 0.4) is 0 Å². The number of rotatable bonds is 2. The fourth-order valence-corrected chi connectivity index (χ4v) is 2.48. The van der Waals surface area contributed by atoms with E-state index in [0.717, 1.165) is 19.4 Å². The third-order valence-corrected chi connectivity index (χ3v) is 3.65. The van der Waals surface area contributed by atoms with Crippen molar-refractivity contribution >= 4 is 0 Å². The second-order valence-electron chi connectivity index (χ2n) is 6.50. The smallest absolute Gasteiger partial charge is 0.0921 e. The fourth-order valence-electron chi connectivity index (χ4n) is 2.48. The molecule has 1 aliphatic rings. The summed E-state index contributed by atoms with van der Waals surface area (Å²) in [5, 5.41) is 10.4. The minimum absolute atomic E-state index is 0.184. The number of hydrogen-bond acceptors (Lipinski definition) is 2. The normalized spacial score (nSPS) is 25.1. The van der Waals surface area contributed by atoms with Gasteiger partial charge in [-0.25, -0.2) is 0 Å². The molecule has 0 aliphatic carbocycles. The molecule has 18 heavy (non-hydrogen) atoms. The van der Waals surface area contributed by atoms with Crippen molar-refractivity contribution in [2.75, 3.05) is 13.2 Å². The van der Waals surface area contributed by atoms with E-state index in [0.29, 0.717) is 13.0 Å². The van der Waals surface area contributed by atoms with E-state index in [4.69, 9.17) is 4.74 Å². The molecular weight excluding hydrogens is 224 g/mol. The van der Waals surface area contributed by atoms with E-state index in [1.807, 2.05) is 0 Å². The first-order valence-electron chi connectivity index (χ1n) is 6.79. The van der Waals surface area contributed by atoms with Crippen LogP contribution in [-0.2, 0) is 16.6 Å². The Morgan fingerprint density at radius 1 is 1.22 bits per heavy atom. The lowest BCUT2D eigenvalue weighted by Crippen LogP contribution is -2.40. The summed E-state index contributed by atoms with van der Waals surface area (Å²) in [6.07, 6.45) is 2.49. The van der Waals surface area contributed by atoms with Crippen molar-refractivity contribution in [3.05, 3.63) is 35.4 Å². The van der Waals surface area contributed by atoms with Crippen molar-refractivity contribution in [1.29, 1.82) is 0 Å². The van der Waals surface area contributed by atoms with Crippen molar-refractivity contribution < 1.29 is 9.84 Å². The molecule has 1 aliphatic heterocycles. The average molecular weight is 248 g/mol. The van der Waals surface area contributed by atoms with Crippen LogP contribution in [0.2, 0.25) is 0 Å².